The molecule has 0 spiro atoms. The number of morpholine rings is 1. The van der Waals surface area contributed by atoms with E-state index in [2.05, 4.69) is 36.7 Å². The standard InChI is InChI=1S/C24H33N5O2S/c30-23(28-15-16-31-21-12-6-5-11-20(21)28)18-32-24-26-25-22(17-27-13-7-2-8-14-27)29(24)19-9-3-1-4-10-19/h1,3-4,9-10,20-21H,2,5-8,11-18H2. The van der Waals surface area contributed by atoms with Crippen molar-refractivity contribution in [1.82, 2.24) is 24.6 Å². The van der Waals surface area contributed by atoms with E-state index in [4.69, 9.17) is 4.74 Å². The van der Waals surface area contributed by atoms with Gasteiger partial charge in [0.1, 0.15) is 0 Å². The highest BCUT2D eigenvalue weighted by molar-refractivity contribution is 7.99. The number of hydrogen-bond donors (Lipinski definition) is 0. The zero-order valence-electron chi connectivity index (χ0n) is 18.7. The molecule has 2 aromatic rings. The maximum absolute atomic E-state index is 13.2. The molecule has 0 bridgehead atoms. The first-order valence-electron chi connectivity index (χ1n) is 12.1. The number of hydrogen-bond acceptors (Lipinski definition) is 6. The number of amides is 1. The van der Waals surface area contributed by atoms with Gasteiger partial charge in [-0.1, -0.05) is 49.2 Å². The van der Waals surface area contributed by atoms with Crippen LogP contribution in [0.4, 0.5) is 0 Å². The van der Waals surface area contributed by atoms with E-state index in [-0.39, 0.29) is 18.1 Å². The van der Waals surface area contributed by atoms with Crippen molar-refractivity contribution in [2.45, 2.75) is 68.8 Å². The highest BCUT2D eigenvalue weighted by atomic mass is 32.2. The van der Waals surface area contributed by atoms with Crippen LogP contribution < -0.4 is 0 Å². The van der Waals surface area contributed by atoms with Gasteiger partial charge >= 0.3 is 0 Å². The molecule has 32 heavy (non-hydrogen) atoms. The molecule has 172 valence electrons. The Kier molecular flexibility index (Phi) is 7.10. The van der Waals surface area contributed by atoms with E-state index in [0.29, 0.717) is 18.9 Å². The van der Waals surface area contributed by atoms with Gasteiger partial charge in [-0.05, 0) is 50.9 Å². The van der Waals surface area contributed by atoms with Crippen LogP contribution >= 0.6 is 11.8 Å². The molecule has 0 N–H and O–H groups in total. The van der Waals surface area contributed by atoms with Crippen molar-refractivity contribution in [3.8, 4) is 5.69 Å². The van der Waals surface area contributed by atoms with Crippen molar-refractivity contribution in [1.29, 1.82) is 0 Å². The van der Waals surface area contributed by atoms with Gasteiger partial charge in [0, 0.05) is 12.2 Å². The Bertz CT molecular complexity index is 897. The molecule has 2 unspecified atom stereocenters. The Hall–Kier alpha value is -1.90. The fourth-order valence-electron chi connectivity index (χ4n) is 5.27. The number of carbonyl (C=O) groups excluding carboxylic acids is 1. The minimum Gasteiger partial charge on any atom is -0.374 e. The third-order valence-electron chi connectivity index (χ3n) is 6.91. The summed E-state index contributed by atoms with van der Waals surface area (Å²) < 4.78 is 8.08. The molecule has 1 aromatic heterocycles. The SMILES string of the molecule is O=C(CSc1nnc(CN2CCCCC2)n1-c1ccccc1)N1CCOC2CCCCC21. The number of aromatic nitrogens is 3. The molecule has 5 rings (SSSR count). The van der Waals surface area contributed by atoms with Gasteiger partial charge in [-0.15, -0.1) is 10.2 Å². The van der Waals surface area contributed by atoms with Crippen molar-refractivity contribution in [2.24, 2.45) is 0 Å². The lowest BCUT2D eigenvalue weighted by Gasteiger charge is -2.43. The summed E-state index contributed by atoms with van der Waals surface area (Å²) in [6.45, 7) is 4.37. The lowest BCUT2D eigenvalue weighted by molar-refractivity contribution is -0.146. The van der Waals surface area contributed by atoms with Crippen LogP contribution in [-0.2, 0) is 16.1 Å². The van der Waals surface area contributed by atoms with Crippen molar-refractivity contribution >= 4 is 17.7 Å². The number of nitrogens with zero attached hydrogens (tertiary/aromatic N) is 5. The molecule has 3 fully saturated rings. The Labute approximate surface area is 194 Å². The average molecular weight is 456 g/mol. The molecule has 1 aliphatic carbocycles. The number of carbonyl (C=O) groups is 1. The number of benzene rings is 1. The van der Waals surface area contributed by atoms with Crippen LogP contribution in [0.5, 0.6) is 0 Å². The van der Waals surface area contributed by atoms with Gasteiger partial charge in [-0.2, -0.15) is 0 Å². The van der Waals surface area contributed by atoms with Crippen molar-refractivity contribution in [2.75, 3.05) is 32.0 Å². The van der Waals surface area contributed by atoms with E-state index in [1.54, 1.807) is 0 Å². The van der Waals surface area contributed by atoms with E-state index in [0.717, 1.165) is 49.1 Å². The summed E-state index contributed by atoms with van der Waals surface area (Å²) in [4.78, 5) is 17.7. The summed E-state index contributed by atoms with van der Waals surface area (Å²) in [6.07, 6.45) is 8.55. The van der Waals surface area contributed by atoms with Crippen molar-refractivity contribution < 1.29 is 9.53 Å². The normalized spacial score (nSPS) is 24.3. The van der Waals surface area contributed by atoms with E-state index in [1.165, 1.54) is 43.9 Å². The van der Waals surface area contributed by atoms with Crippen LogP contribution in [0.25, 0.3) is 5.69 Å². The van der Waals surface area contributed by atoms with E-state index >= 15 is 0 Å². The molecule has 7 nitrogen and oxygen atoms in total. The molecule has 2 atom stereocenters. The third-order valence-corrected chi connectivity index (χ3v) is 7.82. The lowest BCUT2D eigenvalue weighted by Crippen LogP contribution is -2.55. The first kappa shape index (κ1) is 21.9. The second kappa shape index (κ2) is 10.4. The number of piperidine rings is 1. The summed E-state index contributed by atoms with van der Waals surface area (Å²) in [6, 6.07) is 10.5. The van der Waals surface area contributed by atoms with E-state index in [9.17, 15) is 4.79 Å². The Morgan fingerprint density at radius 1 is 1.00 bits per heavy atom. The van der Waals surface area contributed by atoms with E-state index in [1.807, 2.05) is 18.2 Å². The molecule has 1 saturated carbocycles. The molecule has 3 heterocycles. The van der Waals surface area contributed by atoms with Gasteiger partial charge in [0.25, 0.3) is 0 Å². The number of para-hydroxylation sites is 1. The maximum atomic E-state index is 13.2. The Morgan fingerprint density at radius 2 is 1.81 bits per heavy atom. The van der Waals surface area contributed by atoms with Gasteiger partial charge in [-0.3, -0.25) is 14.3 Å². The molecule has 1 amide bonds. The number of thioether (sulfide) groups is 1. The molecule has 3 aliphatic rings. The van der Waals surface area contributed by atoms with Gasteiger partial charge in [0.2, 0.25) is 5.91 Å². The number of likely N-dealkylation sites (tertiary alicyclic amines) is 1. The van der Waals surface area contributed by atoms with Gasteiger partial charge in [-0.25, -0.2) is 0 Å². The molecular weight excluding hydrogens is 422 g/mol. The zero-order chi connectivity index (χ0) is 21.8. The molecule has 2 aliphatic heterocycles. The second-order valence-corrected chi connectivity index (χ2v) is 9.99. The predicted octanol–water partition coefficient (Wildman–Crippen LogP) is 3.52. The summed E-state index contributed by atoms with van der Waals surface area (Å²) >= 11 is 1.50. The minimum atomic E-state index is 0.190. The molecule has 1 aromatic carbocycles. The number of fused-ring (bicyclic) bond motifs is 1. The largest absolute Gasteiger partial charge is 0.374 e. The number of rotatable bonds is 6. The van der Waals surface area contributed by atoms with Gasteiger partial charge in [0.05, 0.1) is 31.1 Å². The average Bonchev–Trinajstić information content (AvgIpc) is 3.25. The predicted molar refractivity (Wildman–Crippen MR) is 125 cm³/mol. The van der Waals surface area contributed by atoms with Crippen molar-refractivity contribution in [3.63, 3.8) is 0 Å². The van der Waals surface area contributed by atoms with Gasteiger partial charge in [0.15, 0.2) is 11.0 Å². The number of ether oxygens (including phenoxy) is 1. The third kappa shape index (κ3) is 4.87. The molecule has 0 radical (unpaired) electrons. The topological polar surface area (TPSA) is 63.5 Å². The first-order valence-corrected chi connectivity index (χ1v) is 13.0. The fourth-order valence-corrected chi connectivity index (χ4v) is 6.12. The highest BCUT2D eigenvalue weighted by Gasteiger charge is 2.36. The van der Waals surface area contributed by atoms with Gasteiger partial charge < -0.3 is 9.64 Å². The Balaban J connectivity index is 1.31. The first-order chi connectivity index (χ1) is 15.8. The van der Waals surface area contributed by atoms with Crippen LogP contribution in [0.3, 0.4) is 0 Å². The monoisotopic (exact) mass is 455 g/mol. The Morgan fingerprint density at radius 3 is 2.66 bits per heavy atom. The summed E-state index contributed by atoms with van der Waals surface area (Å²) in [5.41, 5.74) is 1.05. The van der Waals surface area contributed by atoms with Crippen molar-refractivity contribution in [3.05, 3.63) is 36.2 Å². The van der Waals surface area contributed by atoms with Crippen LogP contribution in [0.15, 0.2) is 35.5 Å². The van der Waals surface area contributed by atoms with Crippen LogP contribution in [0.1, 0.15) is 50.8 Å². The maximum Gasteiger partial charge on any atom is 0.233 e. The minimum absolute atomic E-state index is 0.190. The fraction of sp³-hybridized carbons (Fsp3) is 0.625. The summed E-state index contributed by atoms with van der Waals surface area (Å²) in [5, 5.41) is 9.85. The molecule has 2 saturated heterocycles. The van der Waals surface area contributed by atoms with Crippen LogP contribution in [0.2, 0.25) is 0 Å². The quantitative estimate of drug-likeness (QED) is 0.621. The van der Waals surface area contributed by atoms with Crippen LogP contribution in [0, 0.1) is 0 Å². The molecular formula is C24H33N5O2S. The smallest absolute Gasteiger partial charge is 0.233 e. The zero-order valence-corrected chi connectivity index (χ0v) is 19.5. The second-order valence-electron chi connectivity index (χ2n) is 9.04. The molecule has 8 heteroatoms. The van der Waals surface area contributed by atoms with Crippen LogP contribution in [-0.4, -0.2) is 74.6 Å². The highest BCUT2D eigenvalue weighted by Crippen LogP contribution is 2.30. The lowest BCUT2D eigenvalue weighted by atomic mass is 9.90. The van der Waals surface area contributed by atoms with E-state index < -0.39 is 0 Å². The summed E-state index contributed by atoms with van der Waals surface area (Å²) in [5.74, 6) is 1.53. The summed E-state index contributed by atoms with van der Waals surface area (Å²) in [7, 11) is 0.